The third-order valence-electron chi connectivity index (χ3n) is 5.38. The van der Waals surface area contributed by atoms with Crippen molar-refractivity contribution in [3.8, 4) is 0 Å². The van der Waals surface area contributed by atoms with E-state index in [1.165, 1.54) is 13.0 Å². The molecule has 0 aliphatic carbocycles. The van der Waals surface area contributed by atoms with Crippen molar-refractivity contribution in [2.45, 2.75) is 58.8 Å². The molecule has 2 saturated heterocycles. The standard InChI is InChI=1S/C21H36N4O/c1-20(2,3)17-13-18(23-19(22-17)21(4,5)6)25-8-7-16(15-25)14-24-9-11-26-12-10-24/h13,16H,7-12,14-15H2,1-6H3. The summed E-state index contributed by atoms with van der Waals surface area (Å²) >= 11 is 0. The fourth-order valence-corrected chi connectivity index (χ4v) is 3.65. The van der Waals surface area contributed by atoms with E-state index in [9.17, 15) is 0 Å². The first-order chi connectivity index (χ1) is 12.1. The van der Waals surface area contributed by atoms with Crippen molar-refractivity contribution >= 4 is 5.82 Å². The molecule has 2 fully saturated rings. The first kappa shape index (κ1) is 19.6. The zero-order valence-corrected chi connectivity index (χ0v) is 17.5. The van der Waals surface area contributed by atoms with E-state index in [4.69, 9.17) is 14.7 Å². The minimum absolute atomic E-state index is 0.0324. The third-order valence-corrected chi connectivity index (χ3v) is 5.38. The summed E-state index contributed by atoms with van der Waals surface area (Å²) in [6, 6.07) is 2.21. The maximum absolute atomic E-state index is 5.48. The predicted octanol–water partition coefficient (Wildman–Crippen LogP) is 3.23. The molecular formula is C21H36N4O. The Hall–Kier alpha value is -1.20. The Labute approximate surface area is 159 Å². The van der Waals surface area contributed by atoms with Crippen molar-refractivity contribution in [1.82, 2.24) is 14.9 Å². The molecule has 3 heterocycles. The normalized spacial score (nSPS) is 22.8. The van der Waals surface area contributed by atoms with Crippen molar-refractivity contribution in [3.05, 3.63) is 17.6 Å². The van der Waals surface area contributed by atoms with E-state index in [1.807, 2.05) is 0 Å². The van der Waals surface area contributed by atoms with Gasteiger partial charge < -0.3 is 9.64 Å². The van der Waals surface area contributed by atoms with E-state index < -0.39 is 0 Å². The first-order valence-corrected chi connectivity index (χ1v) is 10.1. The second-order valence-electron chi connectivity index (χ2n) is 9.95. The maximum Gasteiger partial charge on any atom is 0.136 e. The fraction of sp³-hybridized carbons (Fsp3) is 0.810. The van der Waals surface area contributed by atoms with Crippen LogP contribution in [0.15, 0.2) is 6.07 Å². The quantitative estimate of drug-likeness (QED) is 0.828. The van der Waals surface area contributed by atoms with Crippen LogP contribution >= 0.6 is 0 Å². The Morgan fingerprint density at radius 1 is 1.00 bits per heavy atom. The lowest BCUT2D eigenvalue weighted by molar-refractivity contribution is 0.0320. The molecule has 1 unspecified atom stereocenters. The Morgan fingerprint density at radius 3 is 2.31 bits per heavy atom. The summed E-state index contributed by atoms with van der Waals surface area (Å²) < 4.78 is 5.48. The highest BCUT2D eigenvalue weighted by Gasteiger charge is 2.29. The molecule has 2 aliphatic rings. The number of ether oxygens (including phenoxy) is 1. The van der Waals surface area contributed by atoms with Crippen LogP contribution in [-0.4, -0.2) is 60.8 Å². The summed E-state index contributed by atoms with van der Waals surface area (Å²) in [5.74, 6) is 2.79. The molecule has 0 bridgehead atoms. The summed E-state index contributed by atoms with van der Waals surface area (Å²) in [5, 5.41) is 0. The molecule has 1 atom stereocenters. The SMILES string of the molecule is CC(C)(C)c1cc(N2CCC(CN3CCOCC3)C2)nc(C(C)(C)C)n1. The van der Waals surface area contributed by atoms with E-state index in [-0.39, 0.29) is 10.8 Å². The molecule has 0 radical (unpaired) electrons. The molecule has 5 nitrogen and oxygen atoms in total. The second kappa shape index (κ2) is 7.43. The van der Waals surface area contributed by atoms with Gasteiger partial charge in [-0.05, 0) is 12.3 Å². The van der Waals surface area contributed by atoms with Gasteiger partial charge in [-0.15, -0.1) is 0 Å². The van der Waals surface area contributed by atoms with Crippen molar-refractivity contribution in [2.75, 3.05) is 50.8 Å². The summed E-state index contributed by atoms with van der Waals surface area (Å²) in [7, 11) is 0. The molecule has 0 N–H and O–H groups in total. The van der Waals surface area contributed by atoms with Crippen molar-refractivity contribution in [1.29, 1.82) is 0 Å². The van der Waals surface area contributed by atoms with E-state index in [0.717, 1.165) is 62.6 Å². The largest absolute Gasteiger partial charge is 0.379 e. The Kier molecular flexibility index (Phi) is 5.59. The van der Waals surface area contributed by atoms with Gasteiger partial charge in [0.2, 0.25) is 0 Å². The number of hydrogen-bond donors (Lipinski definition) is 0. The van der Waals surface area contributed by atoms with Gasteiger partial charge in [0.15, 0.2) is 0 Å². The minimum atomic E-state index is -0.0388. The van der Waals surface area contributed by atoms with Gasteiger partial charge in [-0.1, -0.05) is 41.5 Å². The van der Waals surface area contributed by atoms with Crippen LogP contribution in [0.25, 0.3) is 0 Å². The molecule has 0 spiro atoms. The fourth-order valence-electron chi connectivity index (χ4n) is 3.65. The highest BCUT2D eigenvalue weighted by molar-refractivity contribution is 5.43. The highest BCUT2D eigenvalue weighted by Crippen LogP contribution is 2.30. The molecule has 5 heteroatoms. The molecule has 0 aromatic carbocycles. The van der Waals surface area contributed by atoms with Gasteiger partial charge in [0.1, 0.15) is 11.6 Å². The second-order valence-corrected chi connectivity index (χ2v) is 9.95. The zero-order valence-electron chi connectivity index (χ0n) is 17.5. The minimum Gasteiger partial charge on any atom is -0.379 e. The molecular weight excluding hydrogens is 324 g/mol. The number of rotatable bonds is 3. The van der Waals surface area contributed by atoms with Crippen molar-refractivity contribution in [3.63, 3.8) is 0 Å². The molecule has 26 heavy (non-hydrogen) atoms. The Morgan fingerprint density at radius 2 is 1.69 bits per heavy atom. The van der Waals surface area contributed by atoms with Gasteiger partial charge in [0, 0.05) is 49.6 Å². The van der Waals surface area contributed by atoms with E-state index in [1.54, 1.807) is 0 Å². The number of aromatic nitrogens is 2. The lowest BCUT2D eigenvalue weighted by Crippen LogP contribution is -2.40. The van der Waals surface area contributed by atoms with E-state index in [2.05, 4.69) is 57.4 Å². The molecule has 2 aliphatic heterocycles. The van der Waals surface area contributed by atoms with Gasteiger partial charge in [-0.25, -0.2) is 9.97 Å². The van der Waals surface area contributed by atoms with Crippen molar-refractivity contribution < 1.29 is 4.74 Å². The number of morpholine rings is 1. The number of nitrogens with zero attached hydrogens (tertiary/aromatic N) is 4. The third kappa shape index (κ3) is 4.74. The molecule has 1 aromatic heterocycles. The van der Waals surface area contributed by atoms with Crippen molar-refractivity contribution in [2.24, 2.45) is 5.92 Å². The molecule has 3 rings (SSSR count). The van der Waals surface area contributed by atoms with Gasteiger partial charge in [0.25, 0.3) is 0 Å². The smallest absolute Gasteiger partial charge is 0.136 e. The van der Waals surface area contributed by atoms with Crippen LogP contribution < -0.4 is 4.90 Å². The number of hydrogen-bond acceptors (Lipinski definition) is 5. The summed E-state index contributed by atoms with van der Waals surface area (Å²) in [5.41, 5.74) is 1.14. The van der Waals surface area contributed by atoms with Gasteiger partial charge in [-0.2, -0.15) is 0 Å². The average molecular weight is 361 g/mol. The van der Waals surface area contributed by atoms with Crippen LogP contribution in [0.2, 0.25) is 0 Å². The zero-order chi connectivity index (χ0) is 18.9. The lowest BCUT2D eigenvalue weighted by Gasteiger charge is -2.29. The Bertz CT molecular complexity index is 579. The summed E-state index contributed by atoms with van der Waals surface area (Å²) in [4.78, 5) is 14.9. The predicted molar refractivity (Wildman–Crippen MR) is 107 cm³/mol. The van der Waals surface area contributed by atoms with Crippen LogP contribution in [0.5, 0.6) is 0 Å². The summed E-state index contributed by atoms with van der Waals surface area (Å²) in [6.45, 7) is 20.6. The topological polar surface area (TPSA) is 41.5 Å². The highest BCUT2D eigenvalue weighted by atomic mass is 16.5. The first-order valence-electron chi connectivity index (χ1n) is 10.1. The van der Waals surface area contributed by atoms with Gasteiger partial charge >= 0.3 is 0 Å². The molecule has 0 saturated carbocycles. The maximum atomic E-state index is 5.48. The number of anilines is 1. The van der Waals surface area contributed by atoms with Crippen LogP contribution in [0.1, 0.15) is 59.5 Å². The van der Waals surface area contributed by atoms with Gasteiger partial charge in [-0.3, -0.25) is 4.90 Å². The monoisotopic (exact) mass is 360 g/mol. The van der Waals surface area contributed by atoms with E-state index in [0.29, 0.717) is 0 Å². The molecule has 0 amide bonds. The lowest BCUT2D eigenvalue weighted by atomic mass is 9.90. The van der Waals surface area contributed by atoms with Crippen LogP contribution in [0, 0.1) is 5.92 Å². The summed E-state index contributed by atoms with van der Waals surface area (Å²) in [6.07, 6.45) is 1.25. The van der Waals surface area contributed by atoms with Crippen LogP contribution in [0.4, 0.5) is 5.82 Å². The Balaban J connectivity index is 1.76. The average Bonchev–Trinajstić information content (AvgIpc) is 3.02. The molecule has 146 valence electrons. The van der Waals surface area contributed by atoms with E-state index >= 15 is 0 Å². The molecule has 1 aromatic rings. The van der Waals surface area contributed by atoms with Crippen LogP contribution in [0.3, 0.4) is 0 Å². The van der Waals surface area contributed by atoms with Gasteiger partial charge in [0.05, 0.1) is 18.9 Å². The van der Waals surface area contributed by atoms with Crippen LogP contribution in [-0.2, 0) is 15.6 Å².